The number of carboxylic acids is 1. The quantitative estimate of drug-likeness (QED) is 0.840. The number of hydrogen-bond donors (Lipinski definition) is 2. The largest absolute Gasteiger partial charge is 0.481 e. The molecule has 1 rings (SSSR count). The van der Waals surface area contributed by atoms with Crippen LogP contribution in [0.1, 0.15) is 23.6 Å². The summed E-state index contributed by atoms with van der Waals surface area (Å²) >= 11 is 2.23. The average Bonchev–Trinajstić information content (AvgIpc) is 2.08. The number of halogens is 1. The summed E-state index contributed by atoms with van der Waals surface area (Å²) in [6, 6.07) is 5.35. The molecule has 0 radical (unpaired) electrons. The number of benzene rings is 1. The van der Waals surface area contributed by atoms with Crippen molar-refractivity contribution in [3.63, 3.8) is 0 Å². The summed E-state index contributed by atoms with van der Waals surface area (Å²) in [7, 11) is 0. The van der Waals surface area contributed by atoms with Gasteiger partial charge in [-0.25, -0.2) is 0 Å². The summed E-state index contributed by atoms with van der Waals surface area (Å²) in [5, 5.41) is 8.59. The summed E-state index contributed by atoms with van der Waals surface area (Å²) in [5.41, 5.74) is 7.74. The lowest BCUT2D eigenvalue weighted by molar-refractivity contribution is -0.137. The van der Waals surface area contributed by atoms with E-state index in [0.29, 0.717) is 0 Å². The summed E-state index contributed by atoms with van der Waals surface area (Å²) in [5.74, 6) is -0.867. The van der Waals surface area contributed by atoms with E-state index in [4.69, 9.17) is 10.8 Å². The van der Waals surface area contributed by atoms with Crippen molar-refractivity contribution in [2.24, 2.45) is 5.73 Å². The van der Waals surface area contributed by atoms with Crippen molar-refractivity contribution < 1.29 is 9.90 Å². The lowest BCUT2D eigenvalue weighted by Crippen LogP contribution is -2.15. The molecule has 1 aromatic rings. The van der Waals surface area contributed by atoms with E-state index in [9.17, 15) is 4.79 Å². The van der Waals surface area contributed by atoms with Crippen molar-refractivity contribution in [3.05, 3.63) is 32.9 Å². The Morgan fingerprint density at radius 1 is 1.64 bits per heavy atom. The van der Waals surface area contributed by atoms with E-state index in [0.717, 1.165) is 14.7 Å². The molecule has 1 unspecified atom stereocenters. The molecule has 0 fully saturated rings. The van der Waals surface area contributed by atoms with Crippen LogP contribution in [0.4, 0.5) is 0 Å². The molecule has 0 aliphatic carbocycles. The average molecular weight is 305 g/mol. The fourth-order valence-electron chi connectivity index (χ4n) is 1.20. The van der Waals surface area contributed by atoms with E-state index in [1.54, 1.807) is 0 Å². The SMILES string of the molecule is Cc1cc(C(N)CC(=O)O)ccc1I. The number of aliphatic carboxylic acids is 1. The molecule has 14 heavy (non-hydrogen) atoms. The molecule has 3 nitrogen and oxygen atoms in total. The van der Waals surface area contributed by atoms with Crippen LogP contribution in [0.3, 0.4) is 0 Å². The van der Waals surface area contributed by atoms with Gasteiger partial charge >= 0.3 is 5.97 Å². The van der Waals surface area contributed by atoms with E-state index >= 15 is 0 Å². The van der Waals surface area contributed by atoms with Gasteiger partial charge in [0, 0.05) is 9.61 Å². The van der Waals surface area contributed by atoms with Gasteiger partial charge in [0.2, 0.25) is 0 Å². The number of carboxylic acid groups (broad SMARTS) is 1. The molecule has 0 spiro atoms. The van der Waals surface area contributed by atoms with Crippen LogP contribution in [0, 0.1) is 10.5 Å². The van der Waals surface area contributed by atoms with Crippen LogP contribution in [0.2, 0.25) is 0 Å². The maximum absolute atomic E-state index is 10.5. The van der Waals surface area contributed by atoms with E-state index in [2.05, 4.69) is 22.6 Å². The van der Waals surface area contributed by atoms with Gasteiger partial charge in [-0.05, 0) is 46.7 Å². The van der Waals surface area contributed by atoms with Crippen LogP contribution < -0.4 is 5.73 Å². The molecular formula is C10H12INO2. The zero-order valence-corrected chi connectivity index (χ0v) is 9.98. The van der Waals surface area contributed by atoms with Crippen LogP contribution in [0.15, 0.2) is 18.2 Å². The summed E-state index contributed by atoms with van der Waals surface area (Å²) < 4.78 is 1.16. The number of aryl methyl sites for hydroxylation is 1. The molecule has 0 aliphatic rings. The molecule has 0 aromatic heterocycles. The van der Waals surface area contributed by atoms with Gasteiger partial charge in [-0.3, -0.25) is 4.79 Å². The molecule has 0 saturated carbocycles. The van der Waals surface area contributed by atoms with Gasteiger partial charge in [-0.2, -0.15) is 0 Å². The normalized spacial score (nSPS) is 12.5. The highest BCUT2D eigenvalue weighted by Gasteiger charge is 2.10. The van der Waals surface area contributed by atoms with Crippen LogP contribution in [0.5, 0.6) is 0 Å². The van der Waals surface area contributed by atoms with E-state index in [1.165, 1.54) is 0 Å². The van der Waals surface area contributed by atoms with Crippen molar-refractivity contribution in [2.75, 3.05) is 0 Å². The van der Waals surface area contributed by atoms with E-state index < -0.39 is 12.0 Å². The second kappa shape index (κ2) is 4.75. The van der Waals surface area contributed by atoms with E-state index in [1.807, 2.05) is 25.1 Å². The fraction of sp³-hybridized carbons (Fsp3) is 0.300. The summed E-state index contributed by atoms with van der Waals surface area (Å²) in [4.78, 5) is 10.5. The zero-order chi connectivity index (χ0) is 10.7. The molecule has 3 N–H and O–H groups in total. The maximum Gasteiger partial charge on any atom is 0.305 e. The third kappa shape index (κ3) is 2.95. The minimum Gasteiger partial charge on any atom is -0.481 e. The molecule has 0 bridgehead atoms. The molecule has 0 saturated heterocycles. The van der Waals surface area contributed by atoms with Gasteiger partial charge in [0.1, 0.15) is 0 Å². The number of rotatable bonds is 3. The molecule has 1 aromatic carbocycles. The molecule has 0 amide bonds. The smallest absolute Gasteiger partial charge is 0.305 e. The Morgan fingerprint density at radius 3 is 2.79 bits per heavy atom. The Kier molecular flexibility index (Phi) is 3.88. The van der Waals surface area contributed by atoms with Gasteiger partial charge < -0.3 is 10.8 Å². The Morgan fingerprint density at radius 2 is 2.29 bits per heavy atom. The predicted octanol–water partition coefficient (Wildman–Crippen LogP) is 2.07. The van der Waals surface area contributed by atoms with Crippen molar-refractivity contribution >= 4 is 28.6 Å². The first kappa shape index (κ1) is 11.5. The second-order valence-electron chi connectivity index (χ2n) is 3.21. The Bertz CT molecular complexity index is 352. The number of nitrogens with two attached hydrogens (primary N) is 1. The van der Waals surface area contributed by atoms with Gasteiger partial charge in [0.05, 0.1) is 6.42 Å². The number of hydrogen-bond acceptors (Lipinski definition) is 2. The molecule has 4 heteroatoms. The van der Waals surface area contributed by atoms with Crippen LogP contribution in [0.25, 0.3) is 0 Å². The first-order valence-corrected chi connectivity index (χ1v) is 5.32. The van der Waals surface area contributed by atoms with Crippen LogP contribution >= 0.6 is 22.6 Å². The minimum absolute atomic E-state index is 0.0277. The van der Waals surface area contributed by atoms with Crippen molar-refractivity contribution in [1.29, 1.82) is 0 Å². The Hall–Kier alpha value is -0.620. The van der Waals surface area contributed by atoms with Crippen molar-refractivity contribution in [1.82, 2.24) is 0 Å². The predicted molar refractivity (Wildman–Crippen MR) is 63.1 cm³/mol. The highest BCUT2D eigenvalue weighted by molar-refractivity contribution is 14.1. The van der Waals surface area contributed by atoms with Crippen molar-refractivity contribution in [2.45, 2.75) is 19.4 Å². The molecule has 1 atom stereocenters. The van der Waals surface area contributed by atoms with Crippen molar-refractivity contribution in [3.8, 4) is 0 Å². The standard InChI is InChI=1S/C10H12INO2/c1-6-4-7(2-3-8(6)11)9(12)5-10(13)14/h2-4,9H,5,12H2,1H3,(H,13,14). The molecule has 0 heterocycles. The minimum atomic E-state index is -0.867. The molecular weight excluding hydrogens is 293 g/mol. The molecule has 0 aliphatic heterocycles. The lowest BCUT2D eigenvalue weighted by atomic mass is 10.0. The summed E-state index contributed by atoms with van der Waals surface area (Å²) in [6.07, 6.45) is -0.0277. The maximum atomic E-state index is 10.5. The Balaban J connectivity index is 2.85. The van der Waals surface area contributed by atoms with Gasteiger partial charge in [0.25, 0.3) is 0 Å². The van der Waals surface area contributed by atoms with Gasteiger partial charge in [0.15, 0.2) is 0 Å². The van der Waals surface area contributed by atoms with Crippen LogP contribution in [-0.4, -0.2) is 11.1 Å². The number of carbonyl (C=O) groups is 1. The third-order valence-electron chi connectivity index (χ3n) is 2.00. The van der Waals surface area contributed by atoms with Crippen LogP contribution in [-0.2, 0) is 4.79 Å². The monoisotopic (exact) mass is 305 g/mol. The van der Waals surface area contributed by atoms with E-state index in [-0.39, 0.29) is 6.42 Å². The first-order chi connectivity index (χ1) is 6.50. The lowest BCUT2D eigenvalue weighted by Gasteiger charge is -2.10. The topological polar surface area (TPSA) is 63.3 Å². The third-order valence-corrected chi connectivity index (χ3v) is 3.22. The first-order valence-electron chi connectivity index (χ1n) is 4.24. The summed E-state index contributed by atoms with van der Waals surface area (Å²) in [6.45, 7) is 1.98. The Labute approximate surface area is 96.4 Å². The fourth-order valence-corrected chi connectivity index (χ4v) is 1.54. The van der Waals surface area contributed by atoms with Gasteiger partial charge in [-0.1, -0.05) is 12.1 Å². The molecule has 76 valence electrons. The zero-order valence-electron chi connectivity index (χ0n) is 7.83. The second-order valence-corrected chi connectivity index (χ2v) is 4.38. The highest BCUT2D eigenvalue weighted by atomic mass is 127. The highest BCUT2D eigenvalue weighted by Crippen LogP contribution is 2.19. The van der Waals surface area contributed by atoms with Gasteiger partial charge in [-0.15, -0.1) is 0 Å².